The Morgan fingerprint density at radius 3 is 0.517 bits per heavy atom. The van der Waals surface area contributed by atoms with E-state index in [1.165, 1.54) is 0 Å². The van der Waals surface area contributed by atoms with Crippen molar-refractivity contribution in [2.75, 3.05) is 79.3 Å². The molecule has 0 fully saturated rings. The molecular formula is C75H96F36N12O9P10S. The fraction of sp³-hybridized carbons (Fsp3) is 0.320. The van der Waals surface area contributed by atoms with Crippen molar-refractivity contribution in [3.8, 4) is 33.4 Å². The molecule has 3 aromatic carbocycles. The van der Waals surface area contributed by atoms with Crippen LogP contribution in [0.4, 0.5) is 151 Å². The summed E-state index contributed by atoms with van der Waals surface area (Å²) in [5.41, 5.74) is 12.6. The molecule has 9 rings (SSSR count). The first-order valence-electron chi connectivity index (χ1n) is 40.3. The molecule has 9 aromatic rings. The number of aryl methyl sites for hydroxylation is 3. The van der Waals surface area contributed by atoms with E-state index in [0.717, 1.165) is 66.8 Å². The molecule has 6 heterocycles. The molecule has 0 saturated heterocycles. The molecule has 0 N–H and O–H groups in total. The fourth-order valence-corrected chi connectivity index (χ4v) is 17.9. The number of hydrogen-bond acceptors (Lipinski definition) is 13. The maximum absolute atomic E-state index is 13.0. The number of benzene rings is 3. The number of aromatic nitrogens is 6. The number of hydrogen-bond donors (Lipinski definition) is 0. The van der Waals surface area contributed by atoms with Crippen molar-refractivity contribution in [2.45, 2.75) is 80.8 Å². The van der Waals surface area contributed by atoms with Gasteiger partial charge < -0.3 is 27.1 Å². The van der Waals surface area contributed by atoms with E-state index >= 15 is 0 Å². The van der Waals surface area contributed by atoms with Gasteiger partial charge in [0, 0.05) is 111 Å². The topological polar surface area (TPSA) is 177 Å². The van der Waals surface area contributed by atoms with E-state index in [-0.39, 0.29) is 0 Å². The molecule has 0 spiro atoms. The third-order valence-electron chi connectivity index (χ3n) is 16.5. The van der Waals surface area contributed by atoms with Gasteiger partial charge in [-0.05, 0) is 103 Å². The van der Waals surface area contributed by atoms with Gasteiger partial charge in [-0.2, -0.15) is 15.3 Å². The van der Waals surface area contributed by atoms with Crippen LogP contribution < -0.4 is 27.4 Å². The number of nitrogens with zero attached hydrogens (tertiary/aromatic N) is 12. The standard InChI is InChI=1S/C75H96N12O9P4S.6F6P/c1-10-91-97(88,92-11-2)55-52-82-40-28-70(29-41-82)73-34-46-85(47-35-73)61-67-22-16-64(17-23-67)58-76-79(7)100(101,80(8)77-59-65-18-24-68(25-19-65)62-86-48-36-74(37-49-86)71-30-42-83(43-31-71)53-56-98(89,93-12-3)94-13-4)81(9)78-60-66-20-26-69(27-21-66)63-87-50-38-75(39-51-87)72-32-44-84(45-33-72)54-57-99(90,95-14-5)96-15-6;6*1-7(2,3,4,5)6/h16-51,58-60H,10-15,52-57,61-63H2,1-9H3;;;;;;/q+6;6*-1/b76-58+,77-59+,78-60+;;;;;;. The van der Waals surface area contributed by atoms with Crippen LogP contribution in [0.25, 0.3) is 33.4 Å². The van der Waals surface area contributed by atoms with E-state index in [1.54, 1.807) is 14.3 Å². The monoisotopic (exact) mass is 2330 g/mol. The summed E-state index contributed by atoms with van der Waals surface area (Å²) in [6.07, 6.45) is 30.8. The molecule has 0 aliphatic rings. The van der Waals surface area contributed by atoms with Gasteiger partial charge in [0.25, 0.3) is 6.49 Å². The summed E-state index contributed by atoms with van der Waals surface area (Å²) in [4.78, 5) is 0. The molecule has 0 amide bonds. The molecule has 0 radical (unpaired) electrons. The Kier molecular flexibility index (Phi) is 39.9. The number of rotatable bonds is 39. The summed E-state index contributed by atoms with van der Waals surface area (Å²) in [7, 11) is -67.7. The summed E-state index contributed by atoms with van der Waals surface area (Å²) >= 11 is 6.63. The first-order valence-corrected chi connectivity index (χ1v) is 60.3. The van der Waals surface area contributed by atoms with Gasteiger partial charge in [-0.3, -0.25) is 13.7 Å². The van der Waals surface area contributed by atoms with Crippen LogP contribution in [0.2, 0.25) is 0 Å². The number of pyridine rings is 6. The molecule has 0 aliphatic carbocycles. The van der Waals surface area contributed by atoms with Gasteiger partial charge >= 0.3 is 221 Å². The van der Waals surface area contributed by atoms with Crippen molar-refractivity contribution < 1.29 is 219 Å². The Hall–Kier alpha value is -7.87. The van der Waals surface area contributed by atoms with Crippen LogP contribution in [0.5, 0.6) is 0 Å². The van der Waals surface area contributed by atoms with Gasteiger partial charge in [-0.25, -0.2) is 41.7 Å². The van der Waals surface area contributed by atoms with Crippen LogP contribution in [0, 0.1) is 0 Å². The summed E-state index contributed by atoms with van der Waals surface area (Å²) in [5.74, 6) is 0. The van der Waals surface area contributed by atoms with E-state index in [4.69, 9.17) is 54.3 Å². The average Bonchev–Trinajstić information content (AvgIpc) is 0.803. The summed E-state index contributed by atoms with van der Waals surface area (Å²) in [6, 6.07) is 50.0. The minimum absolute atomic E-state index is 0.307. The van der Waals surface area contributed by atoms with Crippen LogP contribution in [-0.2, 0) is 91.9 Å². The number of halogens is 36. The van der Waals surface area contributed by atoms with Gasteiger partial charge in [0.15, 0.2) is 114 Å². The Bertz CT molecular complexity index is 5200. The van der Waals surface area contributed by atoms with Gasteiger partial charge in [-0.1, -0.05) is 72.8 Å². The Morgan fingerprint density at radius 1 is 0.252 bits per heavy atom. The first kappa shape index (κ1) is 129. The maximum atomic E-state index is 13.0. The SMILES string of the molecule is CCOP(=O)(CC[n+]1ccc(-c2cc[n+](Cc3ccc(/C=N/N(C)P(=S)(N(C)/N=C/c4ccc(C[n+]5ccc(-c6cc[n+](CCP(=O)(OCC)OCC)cc6)cc5)cc4)N(C)/N=C/c4ccc(C[n+]5ccc(-c6cc[n+](CCP(=O)(OCC)OCC)cc6)cc5)cc4)cc3)cc2)cc1)OCC.F[P-](F)(F)(F)(F)F.F[P-](F)(F)(F)(F)F.F[P-](F)(F)(F)(F)F.F[P-](F)(F)(F)(F)F.F[P-](F)(F)(F)(F)F.F[P-](F)(F)(F)(F)F. The van der Waals surface area contributed by atoms with E-state index in [9.17, 15) is 165 Å². The van der Waals surface area contributed by atoms with E-state index in [2.05, 4.69) is 196 Å². The molecule has 6 aromatic heterocycles. The third kappa shape index (κ3) is 71.4. The number of hydrazone groups is 3. The molecule has 0 saturated carbocycles. The van der Waals surface area contributed by atoms with Crippen LogP contribution >= 0.6 is 76.1 Å². The zero-order chi connectivity index (χ0) is 110. The van der Waals surface area contributed by atoms with Gasteiger partial charge in [0.05, 0.1) is 58.3 Å². The van der Waals surface area contributed by atoms with Crippen LogP contribution in [-0.4, -0.2) is 112 Å². The van der Waals surface area contributed by atoms with Gasteiger partial charge in [-0.15, -0.1) is 0 Å². The molecular weight excluding hydrogens is 2240 g/mol. The molecule has 0 bridgehead atoms. The second-order valence-electron chi connectivity index (χ2n) is 29.5. The predicted molar refractivity (Wildman–Crippen MR) is 482 cm³/mol. The molecule has 0 atom stereocenters. The molecule has 818 valence electrons. The van der Waals surface area contributed by atoms with Gasteiger partial charge in [0.1, 0.15) is 18.5 Å². The predicted octanol–water partition coefficient (Wildman–Crippen LogP) is 33.1. The van der Waals surface area contributed by atoms with Crippen molar-refractivity contribution >= 4 is 107 Å². The van der Waals surface area contributed by atoms with Crippen molar-refractivity contribution in [3.63, 3.8) is 0 Å². The van der Waals surface area contributed by atoms with Crippen molar-refractivity contribution in [3.05, 3.63) is 253 Å². The molecule has 21 nitrogen and oxygen atoms in total. The zero-order valence-electron chi connectivity index (χ0n) is 75.7. The second kappa shape index (κ2) is 44.1. The first-order chi connectivity index (χ1) is 63.5. The van der Waals surface area contributed by atoms with Crippen LogP contribution in [0.1, 0.15) is 74.9 Å². The van der Waals surface area contributed by atoms with Crippen LogP contribution in [0.3, 0.4) is 0 Å². The van der Waals surface area contributed by atoms with Crippen molar-refractivity contribution in [1.29, 1.82) is 0 Å². The Labute approximate surface area is 798 Å². The Balaban J connectivity index is 0.00000104. The second-order valence-corrected chi connectivity index (χ2v) is 51.7. The van der Waals surface area contributed by atoms with E-state index < -0.39 is 76.1 Å². The minimum atomic E-state index is -10.7. The van der Waals surface area contributed by atoms with Gasteiger partial charge in [0.2, 0.25) is 0 Å². The van der Waals surface area contributed by atoms with Crippen molar-refractivity contribution in [1.82, 2.24) is 14.3 Å². The molecule has 0 unspecified atom stereocenters. The Morgan fingerprint density at radius 2 is 0.385 bits per heavy atom. The molecule has 68 heteroatoms. The molecule has 0 aliphatic heterocycles. The quantitative estimate of drug-likeness (QED) is 0.0117. The van der Waals surface area contributed by atoms with E-state index in [1.807, 2.05) is 132 Å². The summed E-state index contributed by atoms with van der Waals surface area (Å²) < 4.78 is 445. The summed E-state index contributed by atoms with van der Waals surface area (Å²) in [6.45, 7) is 13.6. The third-order valence-corrected chi connectivity index (χ3v) is 27.3. The van der Waals surface area contributed by atoms with Crippen LogP contribution in [0.15, 0.2) is 235 Å². The fourth-order valence-electron chi connectivity index (χ4n) is 11.0. The van der Waals surface area contributed by atoms with Crippen molar-refractivity contribution in [2.24, 2.45) is 15.3 Å². The normalized spacial score (nSPS) is 15.5. The molecule has 143 heavy (non-hydrogen) atoms. The van der Waals surface area contributed by atoms with E-state index in [0.29, 0.717) is 97.4 Å². The summed E-state index contributed by atoms with van der Waals surface area (Å²) in [5, 5.41) is 14.9. The average molecular weight is 2340 g/mol. The zero-order valence-corrected chi connectivity index (χ0v) is 85.4.